The van der Waals surface area contributed by atoms with Crippen molar-refractivity contribution in [2.24, 2.45) is 9.98 Å². The number of rotatable bonds is 22. The molecule has 0 saturated carbocycles. The van der Waals surface area contributed by atoms with Gasteiger partial charge in [-0.15, -0.1) is 9.98 Å². The molecule has 0 aromatic carbocycles. The molecule has 9 heteroatoms. The van der Waals surface area contributed by atoms with Crippen molar-refractivity contribution in [2.45, 2.75) is 125 Å². The largest absolute Gasteiger partial charge is 0.376 e. The van der Waals surface area contributed by atoms with Crippen molar-refractivity contribution in [2.75, 3.05) is 59.5 Å². The number of nitrogens with zero attached hydrogens (tertiary/aromatic N) is 6. The van der Waals surface area contributed by atoms with E-state index in [0.29, 0.717) is 21.5 Å². The predicted molar refractivity (Wildman–Crippen MR) is 163 cm³/mol. The van der Waals surface area contributed by atoms with E-state index in [4.69, 9.17) is 9.98 Å². The molecule has 39 heavy (non-hydrogen) atoms. The summed E-state index contributed by atoms with van der Waals surface area (Å²) in [5, 5.41) is 32.6. The molecular formula is C30H64N6O3+2. The number of hydrogen-bond acceptors (Lipinski definition) is 7. The van der Waals surface area contributed by atoms with Crippen LogP contribution in [-0.2, 0) is 0 Å². The van der Waals surface area contributed by atoms with Gasteiger partial charge >= 0.3 is 5.96 Å². The first-order valence-corrected chi connectivity index (χ1v) is 16.2. The molecule has 1 heterocycles. The van der Waals surface area contributed by atoms with Gasteiger partial charge in [0.2, 0.25) is 5.96 Å². The Bertz CT molecular complexity index is 686. The molecular weight excluding hydrogens is 492 g/mol. The van der Waals surface area contributed by atoms with Crippen LogP contribution in [0.5, 0.6) is 0 Å². The Morgan fingerprint density at radius 1 is 0.692 bits per heavy atom. The van der Waals surface area contributed by atoms with Crippen LogP contribution >= 0.6 is 0 Å². The summed E-state index contributed by atoms with van der Waals surface area (Å²) in [5.74, 6) is 1.41. The van der Waals surface area contributed by atoms with Crippen LogP contribution in [0.2, 0.25) is 0 Å². The minimum absolute atomic E-state index is 0.00841. The summed E-state index contributed by atoms with van der Waals surface area (Å²) in [5.41, 5.74) is 0. The molecule has 0 fully saturated rings. The van der Waals surface area contributed by atoms with Gasteiger partial charge in [-0.2, -0.15) is 0 Å². The lowest BCUT2D eigenvalue weighted by molar-refractivity contribution is -0.976. The molecule has 1 aliphatic rings. The van der Waals surface area contributed by atoms with Crippen molar-refractivity contribution in [3.05, 3.63) is 0 Å². The average Bonchev–Trinajstić information content (AvgIpc) is 2.97. The Morgan fingerprint density at radius 3 is 1.64 bits per heavy atom. The first kappa shape index (κ1) is 35.8. The van der Waals surface area contributed by atoms with Crippen LogP contribution in [0.15, 0.2) is 9.98 Å². The van der Waals surface area contributed by atoms with Gasteiger partial charge in [-0.1, -0.05) is 80.1 Å². The van der Waals surface area contributed by atoms with E-state index < -0.39 is 0 Å². The predicted octanol–water partition coefficient (Wildman–Crippen LogP) is 4.88. The van der Waals surface area contributed by atoms with Gasteiger partial charge in [0.1, 0.15) is 6.73 Å². The van der Waals surface area contributed by atoms with Crippen LogP contribution in [0.4, 0.5) is 0 Å². The fraction of sp³-hybridized carbons (Fsp3) is 0.933. The smallest absolute Gasteiger partial charge is 0.336 e. The number of guanidine groups is 2. The molecule has 9 nitrogen and oxygen atoms in total. The zero-order valence-electron chi connectivity index (χ0n) is 26.5. The summed E-state index contributed by atoms with van der Waals surface area (Å²) < 4.78 is 0.803. The second-order valence-electron chi connectivity index (χ2n) is 11.4. The maximum atomic E-state index is 11.1. The van der Waals surface area contributed by atoms with Crippen LogP contribution < -0.4 is 0 Å². The maximum Gasteiger partial charge on any atom is 0.336 e. The molecule has 0 spiro atoms. The van der Waals surface area contributed by atoms with Gasteiger partial charge in [-0.25, -0.2) is 4.48 Å². The van der Waals surface area contributed by atoms with Gasteiger partial charge in [0.25, 0.3) is 6.29 Å². The van der Waals surface area contributed by atoms with E-state index in [-0.39, 0.29) is 26.5 Å². The normalized spacial score (nSPS) is 16.4. The molecule has 3 N–H and O–H groups in total. The molecule has 1 unspecified atom stereocenters. The van der Waals surface area contributed by atoms with Crippen molar-refractivity contribution in [1.82, 2.24) is 9.80 Å². The fourth-order valence-electron chi connectivity index (χ4n) is 5.43. The highest BCUT2D eigenvalue weighted by molar-refractivity contribution is 5.94. The van der Waals surface area contributed by atoms with E-state index in [1.165, 1.54) is 0 Å². The average molecular weight is 557 g/mol. The van der Waals surface area contributed by atoms with E-state index in [2.05, 4.69) is 46.4 Å². The summed E-state index contributed by atoms with van der Waals surface area (Å²) in [6.07, 6.45) is 11.8. The van der Waals surface area contributed by atoms with Gasteiger partial charge in [0.05, 0.1) is 26.2 Å². The minimum Gasteiger partial charge on any atom is -0.376 e. The lowest BCUT2D eigenvalue weighted by Crippen LogP contribution is -2.68. The van der Waals surface area contributed by atoms with Gasteiger partial charge in [0, 0.05) is 13.1 Å². The third kappa shape index (κ3) is 9.95. The van der Waals surface area contributed by atoms with Crippen LogP contribution in [0.25, 0.3) is 0 Å². The van der Waals surface area contributed by atoms with Gasteiger partial charge < -0.3 is 20.2 Å². The number of unbranched alkanes of at least 4 members (excludes halogenated alkanes) is 6. The zero-order chi connectivity index (χ0) is 29.2. The molecule has 0 saturated heterocycles. The highest BCUT2D eigenvalue weighted by atomic mass is 16.3. The Hall–Kier alpha value is -1.26. The first-order chi connectivity index (χ1) is 18.9. The van der Waals surface area contributed by atoms with Crippen molar-refractivity contribution >= 4 is 11.9 Å². The van der Waals surface area contributed by atoms with E-state index >= 15 is 0 Å². The summed E-state index contributed by atoms with van der Waals surface area (Å²) >= 11 is 0. The number of aliphatic hydroxyl groups excluding tert-OH is 3. The molecule has 0 aromatic heterocycles. The maximum absolute atomic E-state index is 11.1. The Morgan fingerprint density at radius 2 is 1.21 bits per heavy atom. The van der Waals surface area contributed by atoms with Crippen LogP contribution in [-0.4, -0.2) is 112 Å². The highest BCUT2D eigenvalue weighted by Gasteiger charge is 2.48. The SMILES string of the molecule is CCCCN(CO)C1=NC([N+](CO)(CCCC)CCCC)=NC([N+](CO)(CCCC)CCCC)N1CCCC. The molecule has 1 aliphatic heterocycles. The summed E-state index contributed by atoms with van der Waals surface area (Å²) in [6.45, 7) is 17.7. The molecule has 1 rings (SSSR count). The van der Waals surface area contributed by atoms with Crippen molar-refractivity contribution in [1.29, 1.82) is 0 Å². The zero-order valence-corrected chi connectivity index (χ0v) is 26.5. The molecule has 0 bridgehead atoms. The Balaban J connectivity index is 3.93. The van der Waals surface area contributed by atoms with Crippen molar-refractivity contribution in [3.63, 3.8) is 0 Å². The monoisotopic (exact) mass is 557 g/mol. The van der Waals surface area contributed by atoms with Crippen molar-refractivity contribution < 1.29 is 24.3 Å². The molecule has 1 atom stereocenters. The van der Waals surface area contributed by atoms with E-state index in [9.17, 15) is 15.3 Å². The lowest BCUT2D eigenvalue weighted by Gasteiger charge is -2.49. The summed E-state index contributed by atoms with van der Waals surface area (Å²) in [7, 11) is 0. The number of hydrogen-bond donors (Lipinski definition) is 3. The van der Waals surface area contributed by atoms with Crippen molar-refractivity contribution in [3.8, 4) is 0 Å². The molecule has 0 aromatic rings. The lowest BCUT2D eigenvalue weighted by atomic mass is 10.2. The first-order valence-electron chi connectivity index (χ1n) is 16.2. The molecule has 0 radical (unpaired) electrons. The standard InChI is InChI=1S/C30H64N6O3/c1-7-13-19-33(25-37)29-31-28(35(26-38,21-15-9-3)22-16-10-4)32-30(34(29)20-14-8-2)36(27-39,23-17-11-5)24-18-12-6/h30,37-39H,7-27H2,1-6H3/q+2. The van der Waals surface area contributed by atoms with Gasteiger partial charge in [-0.05, 0) is 38.5 Å². The number of aliphatic hydroxyl groups is 3. The fourth-order valence-corrected chi connectivity index (χ4v) is 5.43. The number of quaternary nitrogens is 2. The number of aliphatic imine (C=N–C) groups is 2. The minimum atomic E-state index is -0.342. The van der Waals surface area contributed by atoms with Gasteiger partial charge in [0.15, 0.2) is 13.5 Å². The second kappa shape index (κ2) is 19.8. The molecule has 0 amide bonds. The Labute approximate surface area is 240 Å². The van der Waals surface area contributed by atoms with Crippen LogP contribution in [0.3, 0.4) is 0 Å². The van der Waals surface area contributed by atoms with Gasteiger partial charge in [-0.3, -0.25) is 9.38 Å². The highest BCUT2D eigenvalue weighted by Crippen LogP contribution is 2.29. The quantitative estimate of drug-likeness (QED) is 0.131. The third-order valence-electron chi connectivity index (χ3n) is 8.21. The second-order valence-corrected chi connectivity index (χ2v) is 11.4. The molecule has 230 valence electrons. The topological polar surface area (TPSA) is 91.9 Å². The molecule has 0 aliphatic carbocycles. The summed E-state index contributed by atoms with van der Waals surface area (Å²) in [4.78, 5) is 14.9. The van der Waals surface area contributed by atoms with E-state index in [1.54, 1.807) is 0 Å². The van der Waals surface area contributed by atoms with Crippen LogP contribution in [0.1, 0.15) is 119 Å². The Kier molecular flexibility index (Phi) is 18.1. The third-order valence-corrected chi connectivity index (χ3v) is 8.21. The summed E-state index contributed by atoms with van der Waals surface area (Å²) in [6, 6.07) is 0. The van der Waals surface area contributed by atoms with Crippen LogP contribution in [0, 0.1) is 0 Å². The van der Waals surface area contributed by atoms with E-state index in [1.807, 2.05) is 4.90 Å². The van der Waals surface area contributed by atoms with E-state index in [0.717, 1.165) is 116 Å².